The summed E-state index contributed by atoms with van der Waals surface area (Å²) in [6, 6.07) is 0. The van der Waals surface area contributed by atoms with Crippen LogP contribution in [0.15, 0.2) is 11.6 Å². The van der Waals surface area contributed by atoms with Crippen LogP contribution in [-0.4, -0.2) is 185 Å². The zero-order valence-corrected chi connectivity index (χ0v) is 39.9. The lowest BCUT2D eigenvalue weighted by atomic mass is 9.33. The number of fused-ring (bicyclic) bond motifs is 7. The third kappa shape index (κ3) is 7.83. The average Bonchev–Trinajstić information content (AvgIpc) is 3.25. The minimum atomic E-state index is -2.07. The van der Waals surface area contributed by atoms with Crippen LogP contribution in [0.3, 0.4) is 0 Å². The van der Waals surface area contributed by atoms with E-state index in [-0.39, 0.29) is 47.4 Å². The van der Waals surface area contributed by atoms with Gasteiger partial charge in [-0.25, -0.2) is 4.79 Å². The van der Waals surface area contributed by atoms with E-state index in [9.17, 15) is 65.8 Å². The van der Waals surface area contributed by atoms with Crippen LogP contribution < -0.4 is 0 Å². The van der Waals surface area contributed by atoms with E-state index in [2.05, 4.69) is 47.6 Å². The molecule has 0 amide bonds. The molecule has 19 nitrogen and oxygen atoms in total. The number of hydrogen-bond donors (Lipinski definition) is 11. The number of allylic oxidation sites excluding steroid dienone is 1. The minimum Gasteiger partial charge on any atom is -0.479 e. The van der Waals surface area contributed by atoms with Crippen LogP contribution in [0.5, 0.6) is 0 Å². The molecule has 19 heteroatoms. The fourth-order valence-corrected chi connectivity index (χ4v) is 15.0. The van der Waals surface area contributed by atoms with Crippen LogP contribution in [0.2, 0.25) is 0 Å². The van der Waals surface area contributed by atoms with Gasteiger partial charge in [0.2, 0.25) is 0 Å². The Morgan fingerprint density at radius 3 is 1.97 bits per heavy atom. The third-order valence-corrected chi connectivity index (χ3v) is 19.1. The van der Waals surface area contributed by atoms with E-state index in [1.54, 1.807) is 0 Å². The number of Topliss-reactive ketones (excluding diaryl/α,β-unsaturated/α-hetero) is 1. The van der Waals surface area contributed by atoms with Gasteiger partial charge in [0.05, 0.1) is 36.9 Å². The first-order valence-corrected chi connectivity index (χ1v) is 24.2. The zero-order chi connectivity index (χ0) is 49.3. The van der Waals surface area contributed by atoms with Gasteiger partial charge in [-0.1, -0.05) is 53.2 Å². The van der Waals surface area contributed by atoms with Crippen LogP contribution in [0.1, 0.15) is 107 Å². The summed E-state index contributed by atoms with van der Waals surface area (Å²) in [7, 11) is 0. The average molecular weight is 957 g/mol. The Kier molecular flexibility index (Phi) is 13.7. The molecule has 7 fully saturated rings. The van der Waals surface area contributed by atoms with Crippen molar-refractivity contribution in [2.75, 3.05) is 13.2 Å². The monoisotopic (exact) mass is 956 g/mol. The van der Waals surface area contributed by atoms with E-state index in [4.69, 9.17) is 28.4 Å². The van der Waals surface area contributed by atoms with Gasteiger partial charge in [0.15, 0.2) is 25.0 Å². The first-order valence-electron chi connectivity index (χ1n) is 24.2. The highest BCUT2D eigenvalue weighted by atomic mass is 16.8. The number of aliphatic carboxylic acids is 1. The Labute approximate surface area is 391 Å². The second kappa shape index (κ2) is 17.8. The van der Waals surface area contributed by atoms with Gasteiger partial charge in [0, 0.05) is 11.8 Å². The molecule has 4 saturated carbocycles. The molecule has 24 unspecified atom stereocenters. The summed E-state index contributed by atoms with van der Waals surface area (Å²) >= 11 is 0. The maximum Gasteiger partial charge on any atom is 0.335 e. The summed E-state index contributed by atoms with van der Waals surface area (Å²) in [6.45, 7) is 15.2. The predicted molar refractivity (Wildman–Crippen MR) is 231 cm³/mol. The van der Waals surface area contributed by atoms with Gasteiger partial charge >= 0.3 is 5.97 Å². The van der Waals surface area contributed by atoms with E-state index in [1.807, 2.05) is 6.92 Å². The van der Waals surface area contributed by atoms with Crippen molar-refractivity contribution in [1.82, 2.24) is 0 Å². The van der Waals surface area contributed by atoms with Crippen molar-refractivity contribution in [3.8, 4) is 0 Å². The zero-order valence-electron chi connectivity index (χ0n) is 39.9. The topological polar surface area (TPSA) is 312 Å². The largest absolute Gasteiger partial charge is 0.479 e. The van der Waals surface area contributed by atoms with Crippen molar-refractivity contribution in [1.29, 1.82) is 0 Å². The van der Waals surface area contributed by atoms with Crippen molar-refractivity contribution in [3.63, 3.8) is 0 Å². The Bertz CT molecular complexity index is 1900. The molecular formula is C48H76O19. The molecule has 0 aromatic carbocycles. The predicted octanol–water partition coefficient (Wildman–Crippen LogP) is -0.116. The highest BCUT2D eigenvalue weighted by molar-refractivity contribution is 5.89. The van der Waals surface area contributed by atoms with Crippen molar-refractivity contribution >= 4 is 11.8 Å². The summed E-state index contributed by atoms with van der Waals surface area (Å²) in [6.07, 6.45) is -20.9. The number of carbonyl (C=O) groups excluding carboxylic acids is 1. The number of hydrogen-bond acceptors (Lipinski definition) is 18. The summed E-state index contributed by atoms with van der Waals surface area (Å²) in [5.74, 6) is -1.79. The number of carboxylic acids is 1. The van der Waals surface area contributed by atoms with E-state index in [0.29, 0.717) is 38.5 Å². The molecule has 0 bridgehead atoms. The fraction of sp³-hybridized carbons (Fsp3) is 0.917. The first-order chi connectivity index (χ1) is 31.1. The number of carbonyl (C=O) groups is 2. The van der Waals surface area contributed by atoms with Crippen molar-refractivity contribution in [3.05, 3.63) is 11.6 Å². The molecule has 0 radical (unpaired) electrons. The maximum atomic E-state index is 14.5. The van der Waals surface area contributed by atoms with Crippen molar-refractivity contribution < 1.29 is 94.2 Å². The number of rotatable bonds is 9. The molecule has 3 aliphatic heterocycles. The lowest BCUT2D eigenvalue weighted by Gasteiger charge is -2.71. The van der Waals surface area contributed by atoms with Crippen LogP contribution in [0.25, 0.3) is 0 Å². The van der Waals surface area contributed by atoms with Gasteiger partial charge in [0.1, 0.15) is 66.8 Å². The normalized spacial score (nSPS) is 53.9. The SMILES string of the molecule is CC1OC(OC2C(OC3C(OC4CCC5(C)C(CCC6(C)C5CC=C5C7CC(C)(C)CC(O)C7(C)C(=O)CC56CO)C4(C)C)OC(C(=O)O)C(O)C3O)OC(CO)C(O)C2O)C(O)C(O)C1O. The van der Waals surface area contributed by atoms with Crippen LogP contribution in [0.4, 0.5) is 0 Å². The molecule has 8 rings (SSSR count). The number of aliphatic hydroxyl groups is 10. The lowest BCUT2D eigenvalue weighted by Crippen LogP contribution is -2.69. The standard InChI is InChI=1S/C48H76O19/c1-20-29(53)31(55)35(59)40(62-20)66-37-32(56)30(54)23(18-49)63-41(37)67-38-34(58)33(57)36(39(60)61)65-42(38)64-28-12-13-45(6)24(44(28,4)5)11-14-46(7)25(45)10-9-21-22-15-43(2,3)16-26(51)47(22,8)27(52)17-48(21,46)19-50/h9,20,22-26,28-38,40-42,49-51,53-59H,10-19H2,1-8H3,(H,60,61). The molecule has 67 heavy (non-hydrogen) atoms. The molecule has 24 atom stereocenters. The summed E-state index contributed by atoms with van der Waals surface area (Å²) in [5.41, 5.74) is -2.35. The molecule has 0 aromatic rings. The molecule has 8 aliphatic rings. The Morgan fingerprint density at radius 1 is 0.716 bits per heavy atom. The number of aliphatic hydroxyl groups excluding tert-OH is 10. The van der Waals surface area contributed by atoms with Crippen molar-refractivity contribution in [2.24, 2.45) is 50.2 Å². The molecule has 5 aliphatic carbocycles. The van der Waals surface area contributed by atoms with E-state index in [0.717, 1.165) is 12.0 Å². The Morgan fingerprint density at radius 2 is 1.34 bits per heavy atom. The summed E-state index contributed by atoms with van der Waals surface area (Å²) < 4.78 is 36.2. The smallest absolute Gasteiger partial charge is 0.335 e. The van der Waals surface area contributed by atoms with Crippen LogP contribution in [-0.2, 0) is 38.0 Å². The second-order valence-corrected chi connectivity index (χ2v) is 23.5. The Balaban J connectivity index is 1.08. The maximum absolute atomic E-state index is 14.5. The Hall–Kier alpha value is -1.76. The molecule has 0 spiro atoms. The first kappa shape index (κ1) is 51.6. The van der Waals surface area contributed by atoms with Gasteiger partial charge in [-0.3, -0.25) is 4.79 Å². The van der Waals surface area contributed by atoms with Crippen molar-refractivity contribution in [2.45, 2.75) is 211 Å². The molecule has 0 aromatic heterocycles. The third-order valence-electron chi connectivity index (χ3n) is 19.1. The molecular weight excluding hydrogens is 881 g/mol. The number of ether oxygens (including phenoxy) is 6. The van der Waals surface area contributed by atoms with Crippen LogP contribution in [0, 0.1) is 50.2 Å². The van der Waals surface area contributed by atoms with Gasteiger partial charge < -0.3 is 84.6 Å². The number of carboxylic acid groups (broad SMARTS) is 1. The van der Waals surface area contributed by atoms with Crippen LogP contribution >= 0.6 is 0 Å². The fourth-order valence-electron chi connectivity index (χ4n) is 15.0. The minimum absolute atomic E-state index is 0.00302. The highest BCUT2D eigenvalue weighted by Gasteiger charge is 2.72. The van der Waals surface area contributed by atoms with Gasteiger partial charge in [-0.15, -0.1) is 0 Å². The molecule has 3 heterocycles. The lowest BCUT2D eigenvalue weighted by molar-refractivity contribution is -0.395. The van der Waals surface area contributed by atoms with E-state index in [1.165, 1.54) is 6.92 Å². The molecule has 382 valence electrons. The van der Waals surface area contributed by atoms with E-state index < -0.39 is 139 Å². The molecule has 3 saturated heterocycles. The second-order valence-electron chi connectivity index (χ2n) is 23.5. The van der Waals surface area contributed by atoms with Gasteiger partial charge in [-0.2, -0.15) is 0 Å². The van der Waals surface area contributed by atoms with Gasteiger partial charge in [-0.05, 0) is 98.2 Å². The highest BCUT2D eigenvalue weighted by Crippen LogP contribution is 2.75. The van der Waals surface area contributed by atoms with Gasteiger partial charge in [0.25, 0.3) is 0 Å². The number of ketones is 1. The summed E-state index contributed by atoms with van der Waals surface area (Å²) in [4.78, 5) is 27.0. The quantitative estimate of drug-likeness (QED) is 0.106. The molecule has 11 N–H and O–H groups in total. The summed E-state index contributed by atoms with van der Waals surface area (Å²) in [5, 5.41) is 120. The van der Waals surface area contributed by atoms with E-state index >= 15 is 0 Å².